The molecule has 0 bridgehead atoms. The van der Waals surface area contributed by atoms with E-state index in [1.807, 2.05) is 14.0 Å². The molecular weight excluding hydrogens is 300 g/mol. The highest BCUT2D eigenvalue weighted by molar-refractivity contribution is 7.83. The van der Waals surface area contributed by atoms with E-state index >= 15 is 0 Å². The number of likely N-dealkylation sites (N-methyl/N-ethyl adjacent to an activating group) is 1. The summed E-state index contributed by atoms with van der Waals surface area (Å²) in [5.74, 6) is 0. The Morgan fingerprint density at radius 2 is 1.86 bits per heavy atom. The third-order valence-corrected chi connectivity index (χ3v) is 2.39. The van der Waals surface area contributed by atoms with E-state index in [0.29, 0.717) is 6.42 Å². The molecule has 0 aromatic heterocycles. The Kier molecular flexibility index (Phi) is 29.6. The Bertz CT molecular complexity index is 279. The fourth-order valence-corrected chi connectivity index (χ4v) is 0.926. The lowest BCUT2D eigenvalue weighted by molar-refractivity contribution is -0.107. The second-order valence-corrected chi connectivity index (χ2v) is 4.67. The van der Waals surface area contributed by atoms with Crippen molar-refractivity contribution in [3.05, 3.63) is 23.6 Å². The molecule has 1 saturated heterocycles. The SMILES string of the molecule is C/C=C(\C)C=O.C=CS.CN1CCOCC1.CNCCC=O. The van der Waals surface area contributed by atoms with Crippen LogP contribution in [0.25, 0.3) is 0 Å². The van der Waals surface area contributed by atoms with Crippen molar-refractivity contribution in [2.45, 2.75) is 20.3 Å². The largest absolute Gasteiger partial charge is 0.379 e. The van der Waals surface area contributed by atoms with Crippen molar-refractivity contribution in [2.24, 2.45) is 0 Å². The molecule has 1 aliphatic heterocycles. The summed E-state index contributed by atoms with van der Waals surface area (Å²) >= 11 is 3.55. The van der Waals surface area contributed by atoms with Crippen molar-refractivity contribution in [1.29, 1.82) is 0 Å². The number of ether oxygens (including phenoxy) is 1. The van der Waals surface area contributed by atoms with Gasteiger partial charge in [-0.05, 0) is 38.9 Å². The molecule has 0 aromatic carbocycles. The zero-order valence-electron chi connectivity index (χ0n) is 14.4. The molecule has 1 aliphatic rings. The van der Waals surface area contributed by atoms with E-state index in [-0.39, 0.29) is 0 Å². The zero-order valence-corrected chi connectivity index (χ0v) is 15.3. The lowest BCUT2D eigenvalue weighted by Crippen LogP contribution is -2.32. The quantitative estimate of drug-likeness (QED) is 0.357. The number of hydrogen-bond donors (Lipinski definition) is 2. The van der Waals surface area contributed by atoms with Gasteiger partial charge in [0, 0.05) is 26.1 Å². The minimum atomic E-state index is 0.622. The molecule has 0 unspecified atom stereocenters. The van der Waals surface area contributed by atoms with Crippen LogP contribution in [0.3, 0.4) is 0 Å². The van der Waals surface area contributed by atoms with Gasteiger partial charge in [0.05, 0.1) is 13.2 Å². The standard InChI is InChI=1S/C5H11NO.C5H8O.C4H9NO.C2H4S/c1-6-2-4-7-5-3-6;1-3-5(2)4-6;1-5-3-2-4-6;1-2-3/h2-5H2,1H3;3-4H,1-2H3;4-5H,2-3H2,1H3;2-3H,1H2/b;5-3+;;. The maximum atomic E-state index is 9.67. The number of carbonyl (C=O) groups excluding carboxylic acids is 2. The summed E-state index contributed by atoms with van der Waals surface area (Å²) < 4.78 is 5.10. The monoisotopic (exact) mass is 332 g/mol. The van der Waals surface area contributed by atoms with E-state index < -0.39 is 0 Å². The van der Waals surface area contributed by atoms with Gasteiger partial charge >= 0.3 is 0 Å². The summed E-state index contributed by atoms with van der Waals surface area (Å²) in [6.07, 6.45) is 4.12. The van der Waals surface area contributed by atoms with Gasteiger partial charge in [-0.2, -0.15) is 12.6 Å². The molecule has 0 atom stereocenters. The molecule has 0 aromatic rings. The number of thiol groups is 1. The van der Waals surface area contributed by atoms with Crippen LogP contribution in [0.15, 0.2) is 23.6 Å². The first kappa shape index (κ1) is 26.0. The summed E-state index contributed by atoms with van der Waals surface area (Å²) in [5, 5.41) is 4.28. The normalized spacial score (nSPS) is 14.0. The summed E-state index contributed by atoms with van der Waals surface area (Å²) in [4.78, 5) is 21.5. The lowest BCUT2D eigenvalue weighted by atomic mass is 10.3. The van der Waals surface area contributed by atoms with Gasteiger partial charge in [0.2, 0.25) is 0 Å². The smallest absolute Gasteiger partial charge is 0.145 e. The Morgan fingerprint density at radius 1 is 1.36 bits per heavy atom. The molecular formula is C16H32N2O3S. The predicted octanol–water partition coefficient (Wildman–Crippen LogP) is 1.95. The fourth-order valence-electron chi connectivity index (χ4n) is 0.926. The first-order valence-corrected chi connectivity index (χ1v) is 7.73. The van der Waals surface area contributed by atoms with E-state index in [9.17, 15) is 9.59 Å². The molecule has 1 rings (SSSR count). The highest BCUT2D eigenvalue weighted by Crippen LogP contribution is 1.89. The second-order valence-electron chi connectivity index (χ2n) is 4.31. The van der Waals surface area contributed by atoms with E-state index in [0.717, 1.165) is 51.0 Å². The van der Waals surface area contributed by atoms with Gasteiger partial charge in [-0.3, -0.25) is 4.79 Å². The Balaban J connectivity index is -0.000000227. The number of carbonyl (C=O) groups is 2. The Hall–Kier alpha value is -0.950. The average molecular weight is 333 g/mol. The van der Waals surface area contributed by atoms with Crippen LogP contribution in [0, 0.1) is 0 Å². The minimum absolute atomic E-state index is 0.622. The number of nitrogens with zero attached hydrogens (tertiary/aromatic N) is 1. The number of aldehydes is 2. The number of hydrogen-bond acceptors (Lipinski definition) is 6. The van der Waals surface area contributed by atoms with Crippen LogP contribution in [0.4, 0.5) is 0 Å². The molecule has 1 fully saturated rings. The maximum absolute atomic E-state index is 9.67. The van der Waals surface area contributed by atoms with Crippen molar-refractivity contribution in [2.75, 3.05) is 46.9 Å². The first-order chi connectivity index (χ1) is 10.5. The summed E-state index contributed by atoms with van der Waals surface area (Å²) in [6.45, 7) is 11.6. The topological polar surface area (TPSA) is 58.6 Å². The van der Waals surface area contributed by atoms with Gasteiger partial charge in [-0.25, -0.2) is 0 Å². The van der Waals surface area contributed by atoms with E-state index in [1.54, 1.807) is 13.0 Å². The van der Waals surface area contributed by atoms with Crippen LogP contribution in [-0.2, 0) is 14.3 Å². The predicted molar refractivity (Wildman–Crippen MR) is 97.6 cm³/mol. The van der Waals surface area contributed by atoms with Gasteiger partial charge in [0.25, 0.3) is 0 Å². The molecule has 0 amide bonds. The van der Waals surface area contributed by atoms with Crippen LogP contribution in [0.2, 0.25) is 0 Å². The summed E-state index contributed by atoms with van der Waals surface area (Å²) in [5.41, 5.74) is 0.787. The van der Waals surface area contributed by atoms with E-state index in [4.69, 9.17) is 4.74 Å². The van der Waals surface area contributed by atoms with Crippen LogP contribution < -0.4 is 5.32 Å². The summed E-state index contributed by atoms with van der Waals surface area (Å²) in [6, 6.07) is 0. The minimum Gasteiger partial charge on any atom is -0.379 e. The van der Waals surface area contributed by atoms with Crippen molar-refractivity contribution in [1.82, 2.24) is 10.2 Å². The fraction of sp³-hybridized carbons (Fsp3) is 0.625. The number of morpholine rings is 1. The maximum Gasteiger partial charge on any atom is 0.145 e. The molecule has 0 aliphatic carbocycles. The molecule has 6 heteroatoms. The molecule has 5 nitrogen and oxygen atoms in total. The molecule has 22 heavy (non-hydrogen) atoms. The number of allylic oxidation sites excluding steroid dienone is 2. The first-order valence-electron chi connectivity index (χ1n) is 7.21. The van der Waals surface area contributed by atoms with Crippen molar-refractivity contribution < 1.29 is 14.3 Å². The highest BCUT2D eigenvalue weighted by Gasteiger charge is 2.02. The van der Waals surface area contributed by atoms with Crippen LogP contribution in [0.1, 0.15) is 20.3 Å². The lowest BCUT2D eigenvalue weighted by Gasteiger charge is -2.21. The average Bonchev–Trinajstić information content (AvgIpc) is 2.54. The molecule has 130 valence electrons. The summed E-state index contributed by atoms with van der Waals surface area (Å²) in [7, 11) is 3.94. The molecule has 1 N–H and O–H groups in total. The molecule has 1 heterocycles. The van der Waals surface area contributed by atoms with Crippen molar-refractivity contribution in [3.63, 3.8) is 0 Å². The van der Waals surface area contributed by atoms with Crippen LogP contribution in [0.5, 0.6) is 0 Å². The van der Waals surface area contributed by atoms with E-state index in [1.165, 1.54) is 5.41 Å². The van der Waals surface area contributed by atoms with Gasteiger partial charge in [0.1, 0.15) is 12.6 Å². The molecule has 0 saturated carbocycles. The zero-order chi connectivity index (χ0) is 17.6. The molecule has 0 radical (unpaired) electrons. The second kappa shape index (κ2) is 25.0. The Morgan fingerprint density at radius 3 is 2.00 bits per heavy atom. The van der Waals surface area contributed by atoms with Crippen LogP contribution in [-0.4, -0.2) is 64.4 Å². The van der Waals surface area contributed by atoms with E-state index in [2.05, 4.69) is 36.5 Å². The third kappa shape index (κ3) is 31.4. The van der Waals surface area contributed by atoms with Gasteiger partial charge in [-0.15, -0.1) is 0 Å². The molecule has 0 spiro atoms. The number of rotatable bonds is 4. The van der Waals surface area contributed by atoms with Crippen LogP contribution >= 0.6 is 12.6 Å². The number of nitrogens with one attached hydrogen (secondary N) is 1. The highest BCUT2D eigenvalue weighted by atomic mass is 32.1. The van der Waals surface area contributed by atoms with Crippen molar-refractivity contribution in [3.8, 4) is 0 Å². The van der Waals surface area contributed by atoms with Gasteiger partial charge in [-0.1, -0.05) is 12.7 Å². The van der Waals surface area contributed by atoms with Crippen molar-refractivity contribution >= 4 is 25.2 Å². The van der Waals surface area contributed by atoms with Gasteiger partial charge in [0.15, 0.2) is 0 Å². The third-order valence-electron chi connectivity index (χ3n) is 2.39. The van der Waals surface area contributed by atoms with Gasteiger partial charge < -0.3 is 19.7 Å². The Labute approximate surface area is 141 Å².